The minimum Gasteiger partial charge on any atom is -0.388 e. The van der Waals surface area contributed by atoms with E-state index in [0.717, 1.165) is 36.5 Å². The van der Waals surface area contributed by atoms with Gasteiger partial charge in [-0.15, -0.1) is 0 Å². The molecule has 0 aliphatic heterocycles. The summed E-state index contributed by atoms with van der Waals surface area (Å²) in [6, 6.07) is 9.90. The maximum Gasteiger partial charge on any atom is 0.159 e. The van der Waals surface area contributed by atoms with Crippen LogP contribution in [0.15, 0.2) is 36.5 Å². The van der Waals surface area contributed by atoms with Gasteiger partial charge in [0.15, 0.2) is 5.82 Å². The Hall–Kier alpha value is -1.78. The maximum atomic E-state index is 10.4. The molecule has 0 radical (unpaired) electrons. The van der Waals surface area contributed by atoms with Gasteiger partial charge in [0.05, 0.1) is 6.10 Å². The summed E-state index contributed by atoms with van der Waals surface area (Å²) in [6.07, 6.45) is 1.96. The van der Waals surface area contributed by atoms with Crippen LogP contribution < -0.4 is 0 Å². The predicted molar refractivity (Wildman–Crippen MR) is 89.6 cm³/mol. The van der Waals surface area contributed by atoms with E-state index >= 15 is 0 Å². The molecule has 0 bridgehead atoms. The van der Waals surface area contributed by atoms with Crippen molar-refractivity contribution in [2.24, 2.45) is 0 Å². The van der Waals surface area contributed by atoms with E-state index < -0.39 is 6.10 Å². The normalized spacial score (nSPS) is 12.6. The highest BCUT2D eigenvalue weighted by Gasteiger charge is 2.14. The molecule has 1 atom stereocenters. The van der Waals surface area contributed by atoms with Gasteiger partial charge < -0.3 is 10.0 Å². The van der Waals surface area contributed by atoms with E-state index in [1.165, 1.54) is 0 Å². The molecule has 0 aliphatic carbocycles. The zero-order valence-corrected chi connectivity index (χ0v) is 13.7. The Morgan fingerprint density at radius 3 is 2.41 bits per heavy atom. The van der Waals surface area contributed by atoms with Crippen LogP contribution in [0.4, 0.5) is 0 Å². The quantitative estimate of drug-likeness (QED) is 0.853. The number of aliphatic hydroxyl groups excluding tert-OH is 1. The highest BCUT2D eigenvalue weighted by molar-refractivity contribution is 5.54. The molecule has 0 saturated carbocycles. The number of aliphatic hydroxyl groups is 1. The summed E-state index contributed by atoms with van der Waals surface area (Å²) in [5.41, 5.74) is 2.67. The first-order chi connectivity index (χ1) is 10.7. The predicted octanol–water partition coefficient (Wildman–Crippen LogP) is 3.22. The first-order valence-electron chi connectivity index (χ1n) is 7.95. The standard InChI is InChI=1S/C18H25N3O/c1-4-21(5-2)12-11-17(22)16-13-19-18(20-14(16)3)15-9-7-6-8-10-15/h6-10,13,17,22H,4-5,11-12H2,1-3H3/t17-/m0/s1. The first kappa shape index (κ1) is 16.6. The molecule has 0 aliphatic rings. The minimum absolute atomic E-state index is 0.509. The van der Waals surface area contributed by atoms with Crippen LogP contribution in [0.5, 0.6) is 0 Å². The molecule has 1 heterocycles. The van der Waals surface area contributed by atoms with Crippen LogP contribution in [-0.4, -0.2) is 39.6 Å². The molecule has 0 amide bonds. The lowest BCUT2D eigenvalue weighted by Crippen LogP contribution is -2.25. The lowest BCUT2D eigenvalue weighted by molar-refractivity contribution is 0.144. The van der Waals surface area contributed by atoms with Crippen LogP contribution in [-0.2, 0) is 0 Å². The molecule has 2 rings (SSSR count). The Bertz CT molecular complexity index is 582. The molecular formula is C18H25N3O. The van der Waals surface area contributed by atoms with Gasteiger partial charge in [0.1, 0.15) is 0 Å². The number of nitrogens with zero attached hydrogens (tertiary/aromatic N) is 3. The smallest absolute Gasteiger partial charge is 0.159 e. The van der Waals surface area contributed by atoms with Crippen molar-refractivity contribution in [2.75, 3.05) is 19.6 Å². The van der Waals surface area contributed by atoms with Crippen LogP contribution in [0.2, 0.25) is 0 Å². The number of hydrogen-bond acceptors (Lipinski definition) is 4. The van der Waals surface area contributed by atoms with Crippen molar-refractivity contribution >= 4 is 0 Å². The SMILES string of the molecule is CCN(CC)CC[C@H](O)c1cnc(-c2ccccc2)nc1C. The monoisotopic (exact) mass is 299 g/mol. The van der Waals surface area contributed by atoms with Crippen molar-refractivity contribution in [1.82, 2.24) is 14.9 Å². The second-order valence-corrected chi connectivity index (χ2v) is 5.43. The minimum atomic E-state index is -0.509. The Balaban J connectivity index is 2.09. The number of aromatic nitrogens is 2. The molecule has 4 nitrogen and oxygen atoms in total. The van der Waals surface area contributed by atoms with Gasteiger partial charge in [0.25, 0.3) is 0 Å². The molecular weight excluding hydrogens is 274 g/mol. The van der Waals surface area contributed by atoms with Gasteiger partial charge in [-0.1, -0.05) is 44.2 Å². The van der Waals surface area contributed by atoms with Crippen LogP contribution in [0, 0.1) is 6.92 Å². The second kappa shape index (κ2) is 8.01. The van der Waals surface area contributed by atoms with E-state index in [0.29, 0.717) is 12.2 Å². The average Bonchev–Trinajstić information content (AvgIpc) is 2.56. The Labute approximate surface area is 132 Å². The summed E-state index contributed by atoms with van der Waals surface area (Å²) in [6.45, 7) is 9.10. The van der Waals surface area contributed by atoms with Gasteiger partial charge >= 0.3 is 0 Å². The van der Waals surface area contributed by atoms with E-state index in [2.05, 4.69) is 28.7 Å². The number of rotatable bonds is 7. The number of benzene rings is 1. The first-order valence-corrected chi connectivity index (χ1v) is 7.95. The van der Waals surface area contributed by atoms with Gasteiger partial charge in [0, 0.05) is 29.6 Å². The number of hydrogen-bond donors (Lipinski definition) is 1. The van der Waals surface area contributed by atoms with E-state index in [4.69, 9.17) is 0 Å². The summed E-state index contributed by atoms with van der Waals surface area (Å²) in [5.74, 6) is 0.706. The van der Waals surface area contributed by atoms with E-state index in [1.807, 2.05) is 37.3 Å². The van der Waals surface area contributed by atoms with Crippen molar-refractivity contribution in [3.8, 4) is 11.4 Å². The van der Waals surface area contributed by atoms with Gasteiger partial charge in [0.2, 0.25) is 0 Å². The number of aryl methyl sites for hydroxylation is 1. The zero-order chi connectivity index (χ0) is 15.9. The summed E-state index contributed by atoms with van der Waals surface area (Å²) in [5, 5.41) is 10.4. The third kappa shape index (κ3) is 4.12. The van der Waals surface area contributed by atoms with Crippen LogP contribution in [0.25, 0.3) is 11.4 Å². The Morgan fingerprint density at radius 1 is 1.14 bits per heavy atom. The molecule has 22 heavy (non-hydrogen) atoms. The highest BCUT2D eigenvalue weighted by Crippen LogP contribution is 2.22. The third-order valence-corrected chi connectivity index (χ3v) is 4.02. The molecule has 118 valence electrons. The van der Waals surface area contributed by atoms with Gasteiger partial charge in [-0.3, -0.25) is 0 Å². The largest absolute Gasteiger partial charge is 0.388 e. The summed E-state index contributed by atoms with van der Waals surface area (Å²) >= 11 is 0. The van der Waals surface area contributed by atoms with Crippen LogP contribution in [0.3, 0.4) is 0 Å². The van der Waals surface area contributed by atoms with Gasteiger partial charge in [-0.05, 0) is 26.4 Å². The fourth-order valence-electron chi connectivity index (χ4n) is 2.53. The highest BCUT2D eigenvalue weighted by atomic mass is 16.3. The molecule has 0 unspecified atom stereocenters. The van der Waals surface area contributed by atoms with Crippen LogP contribution >= 0.6 is 0 Å². The van der Waals surface area contributed by atoms with Crippen molar-refractivity contribution in [3.05, 3.63) is 47.8 Å². The molecule has 1 aromatic heterocycles. The molecule has 0 spiro atoms. The lowest BCUT2D eigenvalue weighted by atomic mass is 10.1. The maximum absolute atomic E-state index is 10.4. The molecule has 0 saturated heterocycles. The molecule has 2 aromatic rings. The Morgan fingerprint density at radius 2 is 1.82 bits per heavy atom. The summed E-state index contributed by atoms with van der Waals surface area (Å²) < 4.78 is 0. The summed E-state index contributed by atoms with van der Waals surface area (Å²) in [7, 11) is 0. The fourth-order valence-corrected chi connectivity index (χ4v) is 2.53. The fraction of sp³-hybridized carbons (Fsp3) is 0.444. The van der Waals surface area contributed by atoms with Crippen molar-refractivity contribution in [3.63, 3.8) is 0 Å². The van der Waals surface area contributed by atoms with E-state index in [9.17, 15) is 5.11 Å². The van der Waals surface area contributed by atoms with Crippen molar-refractivity contribution < 1.29 is 5.11 Å². The van der Waals surface area contributed by atoms with E-state index in [-0.39, 0.29) is 0 Å². The van der Waals surface area contributed by atoms with Crippen molar-refractivity contribution in [1.29, 1.82) is 0 Å². The van der Waals surface area contributed by atoms with Gasteiger partial charge in [-0.25, -0.2) is 9.97 Å². The third-order valence-electron chi connectivity index (χ3n) is 4.02. The topological polar surface area (TPSA) is 49.2 Å². The molecule has 1 aromatic carbocycles. The Kier molecular flexibility index (Phi) is 6.04. The van der Waals surface area contributed by atoms with Crippen molar-refractivity contribution in [2.45, 2.75) is 33.3 Å². The lowest BCUT2D eigenvalue weighted by Gasteiger charge is -2.20. The van der Waals surface area contributed by atoms with Gasteiger partial charge in [-0.2, -0.15) is 0 Å². The second-order valence-electron chi connectivity index (χ2n) is 5.43. The molecule has 4 heteroatoms. The summed E-state index contributed by atoms with van der Waals surface area (Å²) in [4.78, 5) is 11.3. The zero-order valence-electron chi connectivity index (χ0n) is 13.7. The van der Waals surface area contributed by atoms with Crippen LogP contribution in [0.1, 0.15) is 37.6 Å². The molecule has 0 fully saturated rings. The molecule has 1 N–H and O–H groups in total. The average molecular weight is 299 g/mol. The van der Waals surface area contributed by atoms with E-state index in [1.54, 1.807) is 6.20 Å².